The number of thioether (sulfide) groups is 1. The number of nitrogens with one attached hydrogen (secondary N) is 1. The molecule has 1 aromatic heterocycles. The van der Waals surface area contributed by atoms with Crippen molar-refractivity contribution >= 4 is 28.4 Å². The molecule has 0 saturated carbocycles. The zero-order valence-corrected chi connectivity index (χ0v) is 13.1. The molecule has 2 atom stereocenters. The molecule has 0 fully saturated rings. The van der Waals surface area contributed by atoms with Crippen molar-refractivity contribution < 1.29 is 14.4 Å². The molecule has 2 N–H and O–H groups in total. The highest BCUT2D eigenvalue weighted by molar-refractivity contribution is 8.02. The van der Waals surface area contributed by atoms with Gasteiger partial charge in [0.2, 0.25) is 5.43 Å². The highest BCUT2D eigenvalue weighted by Gasteiger charge is 2.32. The van der Waals surface area contributed by atoms with Crippen molar-refractivity contribution in [2.45, 2.75) is 26.1 Å². The Labute approximate surface area is 127 Å². The van der Waals surface area contributed by atoms with E-state index in [9.17, 15) is 9.90 Å². The van der Waals surface area contributed by atoms with Crippen LogP contribution in [-0.2, 0) is 0 Å². The number of phenols is 1. The molecule has 0 bridgehead atoms. The van der Waals surface area contributed by atoms with E-state index in [0.717, 1.165) is 12.2 Å². The quantitative estimate of drug-likeness (QED) is 0.892. The zero-order valence-electron chi connectivity index (χ0n) is 12.3. The van der Waals surface area contributed by atoms with Crippen LogP contribution >= 0.6 is 11.8 Å². The zero-order chi connectivity index (χ0) is 15.1. The molecular weight excluding hydrogens is 286 g/mol. The van der Waals surface area contributed by atoms with E-state index in [1.807, 2.05) is 6.92 Å². The fourth-order valence-corrected chi connectivity index (χ4v) is 3.92. The molecule has 0 radical (unpaired) electrons. The maximum absolute atomic E-state index is 12.8. The summed E-state index contributed by atoms with van der Waals surface area (Å²) in [7, 11) is 0. The predicted molar refractivity (Wildman–Crippen MR) is 85.4 cm³/mol. The number of hydrogen-bond donors (Lipinski definition) is 2. The van der Waals surface area contributed by atoms with E-state index in [1.54, 1.807) is 17.8 Å². The minimum absolute atomic E-state index is 0.0272. The van der Waals surface area contributed by atoms with Crippen LogP contribution in [0.5, 0.6) is 5.75 Å². The van der Waals surface area contributed by atoms with Crippen molar-refractivity contribution in [3.63, 3.8) is 0 Å². The van der Waals surface area contributed by atoms with Gasteiger partial charge in [-0.1, -0.05) is 11.8 Å². The third-order valence-electron chi connectivity index (χ3n) is 3.93. The van der Waals surface area contributed by atoms with Gasteiger partial charge in [-0.05, 0) is 32.9 Å². The summed E-state index contributed by atoms with van der Waals surface area (Å²) in [5, 5.41) is 12.5. The highest BCUT2D eigenvalue weighted by Crippen LogP contribution is 2.26. The largest absolute Gasteiger partial charge is 0.508 e. The summed E-state index contributed by atoms with van der Waals surface area (Å²) >= 11 is 1.74. The maximum Gasteiger partial charge on any atom is 0.206 e. The number of benzene rings is 1. The third-order valence-corrected chi connectivity index (χ3v) is 4.99. The molecule has 0 aliphatic carbocycles. The minimum atomic E-state index is -0.0272. The van der Waals surface area contributed by atoms with E-state index >= 15 is 0 Å². The fourth-order valence-electron chi connectivity index (χ4n) is 2.85. The van der Waals surface area contributed by atoms with Crippen molar-refractivity contribution in [1.82, 2.24) is 0 Å². The average Bonchev–Trinajstić information content (AvgIpc) is 2.79. The lowest BCUT2D eigenvalue weighted by molar-refractivity contribution is -0.830. The molecule has 0 amide bonds. The van der Waals surface area contributed by atoms with Crippen molar-refractivity contribution in [3.8, 4) is 5.75 Å². The van der Waals surface area contributed by atoms with E-state index in [0.29, 0.717) is 27.7 Å². The second-order valence-corrected chi connectivity index (χ2v) is 6.45. The van der Waals surface area contributed by atoms with E-state index in [2.05, 4.69) is 19.3 Å². The number of quaternary nitrogens is 1. The van der Waals surface area contributed by atoms with Crippen LogP contribution in [0.4, 0.5) is 0 Å². The topological polar surface area (TPSA) is 54.9 Å². The fraction of sp³-hybridized carbons (Fsp3) is 0.312. The second-order valence-electron chi connectivity index (χ2n) is 5.23. The Morgan fingerprint density at radius 2 is 2.19 bits per heavy atom. The van der Waals surface area contributed by atoms with E-state index in [1.165, 1.54) is 17.0 Å². The summed E-state index contributed by atoms with van der Waals surface area (Å²) in [5.41, 5.74) is 2.07. The summed E-state index contributed by atoms with van der Waals surface area (Å²) < 4.78 is 5.77. The Hall–Kier alpha value is -1.72. The van der Waals surface area contributed by atoms with Crippen LogP contribution in [-0.4, -0.2) is 17.0 Å². The SMILES string of the molecule is CC[NH+]1C(c2c(C)oc3cc(O)ccc3c2=O)=CSC1C. The molecule has 2 unspecified atom stereocenters. The highest BCUT2D eigenvalue weighted by atomic mass is 32.2. The van der Waals surface area contributed by atoms with Gasteiger partial charge in [0.1, 0.15) is 28.0 Å². The van der Waals surface area contributed by atoms with Crippen LogP contribution in [0.1, 0.15) is 25.2 Å². The number of fused-ring (bicyclic) bond motifs is 1. The number of hydrogen-bond acceptors (Lipinski definition) is 4. The molecule has 21 heavy (non-hydrogen) atoms. The van der Waals surface area contributed by atoms with E-state index in [-0.39, 0.29) is 11.2 Å². The first-order valence-corrected chi connectivity index (χ1v) is 7.95. The van der Waals surface area contributed by atoms with Crippen molar-refractivity contribution in [2.24, 2.45) is 0 Å². The molecule has 1 aliphatic rings. The molecule has 5 heteroatoms. The van der Waals surface area contributed by atoms with Gasteiger partial charge in [-0.3, -0.25) is 9.69 Å². The van der Waals surface area contributed by atoms with Crippen LogP contribution in [0.3, 0.4) is 0 Å². The Balaban J connectivity index is 2.25. The Bertz CT molecular complexity index is 794. The standard InChI is InChI=1S/C16H17NO3S/c1-4-17-10(3)21-8-13(17)15-9(2)20-14-7-11(18)5-6-12(14)16(15)19/h5-8,10,18H,4H2,1-3H3/p+1. The monoisotopic (exact) mass is 304 g/mol. The maximum atomic E-state index is 12.8. The van der Waals surface area contributed by atoms with Crippen molar-refractivity contribution in [1.29, 1.82) is 0 Å². The molecule has 2 aromatic rings. The molecule has 0 spiro atoms. The first-order chi connectivity index (χ1) is 10.0. The number of aromatic hydroxyl groups is 1. The van der Waals surface area contributed by atoms with Gasteiger partial charge in [0.05, 0.1) is 11.9 Å². The van der Waals surface area contributed by atoms with E-state index in [4.69, 9.17) is 4.42 Å². The first kappa shape index (κ1) is 14.2. The number of rotatable bonds is 2. The van der Waals surface area contributed by atoms with Crippen LogP contribution in [0.2, 0.25) is 0 Å². The lowest BCUT2D eigenvalue weighted by Crippen LogP contribution is -3.10. The summed E-state index contributed by atoms with van der Waals surface area (Å²) in [4.78, 5) is 14.1. The lowest BCUT2D eigenvalue weighted by atomic mass is 10.1. The number of aryl methyl sites for hydroxylation is 1. The summed E-state index contributed by atoms with van der Waals surface area (Å²) in [6.45, 7) is 7.00. The van der Waals surface area contributed by atoms with Crippen LogP contribution < -0.4 is 10.3 Å². The van der Waals surface area contributed by atoms with Gasteiger partial charge in [0.15, 0.2) is 5.70 Å². The van der Waals surface area contributed by atoms with Gasteiger partial charge in [-0.2, -0.15) is 0 Å². The normalized spacial score (nSPS) is 21.8. The van der Waals surface area contributed by atoms with Gasteiger partial charge in [-0.15, -0.1) is 0 Å². The molecular formula is C16H18NO3S+. The van der Waals surface area contributed by atoms with E-state index < -0.39 is 0 Å². The predicted octanol–water partition coefficient (Wildman–Crippen LogP) is 2.10. The van der Waals surface area contributed by atoms with Crippen LogP contribution in [0.25, 0.3) is 16.7 Å². The average molecular weight is 304 g/mol. The van der Waals surface area contributed by atoms with Crippen molar-refractivity contribution in [2.75, 3.05) is 6.54 Å². The van der Waals surface area contributed by atoms with Gasteiger partial charge in [-0.25, -0.2) is 0 Å². The third kappa shape index (κ3) is 2.26. The molecule has 4 nitrogen and oxygen atoms in total. The molecule has 2 heterocycles. The molecule has 3 rings (SSSR count). The Morgan fingerprint density at radius 3 is 2.90 bits per heavy atom. The molecule has 0 saturated heterocycles. The number of phenolic OH excluding ortho intramolecular Hbond substituents is 1. The first-order valence-electron chi connectivity index (χ1n) is 7.01. The van der Waals surface area contributed by atoms with Gasteiger partial charge < -0.3 is 9.52 Å². The summed E-state index contributed by atoms with van der Waals surface area (Å²) in [6.07, 6.45) is 0. The van der Waals surface area contributed by atoms with Crippen LogP contribution in [0, 0.1) is 6.92 Å². The second kappa shape index (κ2) is 5.24. The summed E-state index contributed by atoms with van der Waals surface area (Å²) in [6, 6.07) is 4.62. The lowest BCUT2D eigenvalue weighted by Gasteiger charge is -2.19. The van der Waals surface area contributed by atoms with Gasteiger partial charge in [0, 0.05) is 11.5 Å². The Morgan fingerprint density at radius 1 is 1.43 bits per heavy atom. The molecule has 1 aromatic carbocycles. The van der Waals surface area contributed by atoms with Crippen LogP contribution in [0.15, 0.2) is 32.8 Å². The van der Waals surface area contributed by atoms with Gasteiger partial charge in [0.25, 0.3) is 0 Å². The van der Waals surface area contributed by atoms with Gasteiger partial charge >= 0.3 is 0 Å². The summed E-state index contributed by atoms with van der Waals surface area (Å²) in [5.74, 6) is 0.702. The van der Waals surface area contributed by atoms with Crippen molar-refractivity contribution in [3.05, 3.63) is 45.2 Å². The smallest absolute Gasteiger partial charge is 0.206 e. The molecule has 1 aliphatic heterocycles. The minimum Gasteiger partial charge on any atom is -0.508 e. The molecule has 110 valence electrons. The Kier molecular flexibility index (Phi) is 3.55.